The number of carbonyl (C=O) groups excluding carboxylic acids is 5. The zero-order valence-electron chi connectivity index (χ0n) is 21.4. The lowest BCUT2D eigenvalue weighted by Crippen LogP contribution is -2.60. The summed E-state index contributed by atoms with van der Waals surface area (Å²) in [5, 5.41) is 4.92. The van der Waals surface area contributed by atoms with E-state index in [1.54, 1.807) is 19.2 Å². The number of fused-ring (bicyclic) bond motifs is 1. The third-order valence-electron chi connectivity index (χ3n) is 7.59. The monoisotopic (exact) mass is 569 g/mol. The Kier molecular flexibility index (Phi) is 8.54. The minimum atomic E-state index is -5.21. The van der Waals surface area contributed by atoms with Crippen LogP contribution < -0.4 is 16.1 Å². The van der Waals surface area contributed by atoms with Crippen LogP contribution in [0.1, 0.15) is 40.5 Å². The van der Waals surface area contributed by atoms with Crippen LogP contribution >= 0.6 is 11.6 Å². The first-order chi connectivity index (χ1) is 17.5. The van der Waals surface area contributed by atoms with Crippen LogP contribution in [0, 0.1) is 29.1 Å². The number of likely N-dealkylation sites (tertiary alicyclic amines) is 1. The lowest BCUT2D eigenvalue weighted by Gasteiger charge is -2.35. The van der Waals surface area contributed by atoms with E-state index >= 15 is 0 Å². The van der Waals surface area contributed by atoms with Crippen molar-refractivity contribution in [2.24, 2.45) is 29.1 Å². The molecule has 15 heteroatoms. The van der Waals surface area contributed by atoms with Gasteiger partial charge in [-0.1, -0.05) is 39.3 Å². The molecule has 2 heterocycles. The van der Waals surface area contributed by atoms with Crippen LogP contribution in [0.3, 0.4) is 0 Å². The Bertz CT molecular complexity index is 992. The van der Waals surface area contributed by atoms with E-state index in [9.17, 15) is 41.5 Å². The van der Waals surface area contributed by atoms with E-state index < -0.39 is 64.8 Å². The molecule has 1 aliphatic carbocycles. The van der Waals surface area contributed by atoms with E-state index in [4.69, 9.17) is 11.6 Å². The van der Waals surface area contributed by atoms with Crippen molar-refractivity contribution < 1.29 is 41.5 Å². The summed E-state index contributed by atoms with van der Waals surface area (Å²) in [6.45, 7) is 7.08. The highest BCUT2D eigenvalue weighted by molar-refractivity contribution is 6.29. The number of alkyl halides is 5. The lowest BCUT2D eigenvalue weighted by molar-refractivity contribution is -0.175. The molecule has 0 bridgehead atoms. The van der Waals surface area contributed by atoms with Gasteiger partial charge in [0.1, 0.15) is 12.1 Å². The van der Waals surface area contributed by atoms with Gasteiger partial charge in [0, 0.05) is 13.1 Å². The average Bonchev–Trinajstić information content (AvgIpc) is 3.16. The third-order valence-corrected chi connectivity index (χ3v) is 7.78. The molecule has 5 amide bonds. The molecule has 2 aliphatic heterocycles. The zero-order valence-corrected chi connectivity index (χ0v) is 22.2. The summed E-state index contributed by atoms with van der Waals surface area (Å²) in [5.41, 5.74) is -0.616. The van der Waals surface area contributed by atoms with Gasteiger partial charge in [0.05, 0.1) is 12.5 Å². The minimum absolute atomic E-state index is 0.0469. The fourth-order valence-corrected chi connectivity index (χ4v) is 5.61. The molecular weight excluding hydrogens is 538 g/mol. The standard InChI is InChI=1S/C23H32ClF4N5O5/c1-10(2)7-13(30-21(38)23(26,27)28)19(36)32-9-12-14(22(12,3)4)15(32)18(35)31-33(20(37)16(24)25)8-11-5-6-29-17(11)34/h10-16H,5-9H2,1-4H3,(H,29,34)(H,30,38)(H,31,35)/t11-,12-,13-,14-,15-,16-/m0/s1. The molecule has 0 aromatic heterocycles. The summed E-state index contributed by atoms with van der Waals surface area (Å²) in [7, 11) is 0. The molecule has 6 atom stereocenters. The van der Waals surface area contributed by atoms with Gasteiger partial charge < -0.3 is 15.5 Å². The van der Waals surface area contributed by atoms with E-state index in [-0.39, 0.29) is 37.3 Å². The Balaban J connectivity index is 1.84. The lowest BCUT2D eigenvalue weighted by atomic mass is 9.97. The van der Waals surface area contributed by atoms with Crippen LogP contribution in [0.15, 0.2) is 0 Å². The first-order valence-electron chi connectivity index (χ1n) is 12.3. The van der Waals surface area contributed by atoms with Crippen LogP contribution in [0.2, 0.25) is 0 Å². The summed E-state index contributed by atoms with van der Waals surface area (Å²) >= 11 is 5.32. The molecule has 3 N–H and O–H groups in total. The molecule has 0 radical (unpaired) electrons. The molecule has 1 saturated carbocycles. The average molecular weight is 570 g/mol. The van der Waals surface area contributed by atoms with Crippen molar-refractivity contribution in [3.63, 3.8) is 0 Å². The van der Waals surface area contributed by atoms with Gasteiger partial charge >= 0.3 is 12.1 Å². The first kappa shape index (κ1) is 29.9. The van der Waals surface area contributed by atoms with Crippen LogP contribution in [0.4, 0.5) is 17.6 Å². The molecular formula is C23H32ClF4N5O5. The van der Waals surface area contributed by atoms with Crippen molar-refractivity contribution in [3.05, 3.63) is 0 Å². The normalized spacial score (nSPS) is 27.3. The Morgan fingerprint density at radius 1 is 1.24 bits per heavy atom. The number of nitrogens with zero attached hydrogens (tertiary/aromatic N) is 2. The predicted octanol–water partition coefficient (Wildman–Crippen LogP) is 1.09. The molecule has 0 aromatic rings. The highest BCUT2D eigenvalue weighted by Crippen LogP contribution is 2.65. The fraction of sp³-hybridized carbons (Fsp3) is 0.783. The van der Waals surface area contributed by atoms with Gasteiger partial charge in [-0.05, 0) is 36.0 Å². The molecule has 3 fully saturated rings. The molecule has 10 nitrogen and oxygen atoms in total. The van der Waals surface area contributed by atoms with Crippen molar-refractivity contribution in [2.45, 2.75) is 64.4 Å². The number of hydrogen-bond acceptors (Lipinski definition) is 5. The van der Waals surface area contributed by atoms with Crippen molar-refractivity contribution in [2.75, 3.05) is 19.6 Å². The van der Waals surface area contributed by atoms with Gasteiger partial charge in [-0.2, -0.15) is 13.2 Å². The first-order valence-corrected chi connectivity index (χ1v) is 12.8. The van der Waals surface area contributed by atoms with Gasteiger partial charge in [0.15, 0.2) is 0 Å². The van der Waals surface area contributed by atoms with E-state index in [0.717, 1.165) is 4.90 Å². The summed E-state index contributed by atoms with van der Waals surface area (Å²) in [4.78, 5) is 64.0. The predicted molar refractivity (Wildman–Crippen MR) is 125 cm³/mol. The molecule has 2 saturated heterocycles. The number of rotatable bonds is 8. The van der Waals surface area contributed by atoms with Gasteiger partial charge in [-0.25, -0.2) is 9.40 Å². The van der Waals surface area contributed by atoms with Crippen LogP contribution in [-0.4, -0.2) is 83.0 Å². The Morgan fingerprint density at radius 3 is 2.37 bits per heavy atom. The number of halogens is 5. The second kappa shape index (κ2) is 10.9. The molecule has 38 heavy (non-hydrogen) atoms. The highest BCUT2D eigenvalue weighted by Gasteiger charge is 2.69. The maximum absolute atomic E-state index is 13.7. The van der Waals surface area contributed by atoms with Crippen molar-refractivity contribution in [3.8, 4) is 0 Å². The highest BCUT2D eigenvalue weighted by atomic mass is 35.5. The topological polar surface area (TPSA) is 128 Å². The number of hydrazine groups is 1. The van der Waals surface area contributed by atoms with Gasteiger partial charge in [0.25, 0.3) is 17.4 Å². The number of nitrogens with one attached hydrogen (secondary N) is 3. The van der Waals surface area contributed by atoms with Crippen LogP contribution in [0.5, 0.6) is 0 Å². The fourth-order valence-electron chi connectivity index (χ4n) is 5.49. The van der Waals surface area contributed by atoms with E-state index in [1.807, 2.05) is 13.8 Å². The maximum Gasteiger partial charge on any atom is 0.471 e. The number of hydrogen-bond donors (Lipinski definition) is 3. The Morgan fingerprint density at radius 2 is 1.87 bits per heavy atom. The molecule has 0 aromatic carbocycles. The van der Waals surface area contributed by atoms with Crippen LogP contribution in [-0.2, 0) is 24.0 Å². The van der Waals surface area contributed by atoms with Gasteiger partial charge in [0.2, 0.25) is 11.8 Å². The summed E-state index contributed by atoms with van der Waals surface area (Å²) < 4.78 is 52.5. The molecule has 3 rings (SSSR count). The van der Waals surface area contributed by atoms with E-state index in [0.29, 0.717) is 18.0 Å². The molecule has 0 unspecified atom stereocenters. The van der Waals surface area contributed by atoms with Crippen molar-refractivity contribution in [1.29, 1.82) is 0 Å². The SMILES string of the molecule is CC(C)C[C@H](NC(=O)C(F)(F)F)C(=O)N1C[C@H]2[C@@H]([C@H]1C(=O)NN(C[C@@H]1CCNC1=O)C(=O)[C@H](F)Cl)C2(C)C. The van der Waals surface area contributed by atoms with Crippen molar-refractivity contribution >= 4 is 41.1 Å². The quantitative estimate of drug-likeness (QED) is 0.229. The molecule has 214 valence electrons. The molecule has 0 spiro atoms. The Labute approximate surface area is 222 Å². The summed E-state index contributed by atoms with van der Waals surface area (Å²) in [6, 6.07) is -2.75. The van der Waals surface area contributed by atoms with E-state index in [1.165, 1.54) is 0 Å². The maximum atomic E-state index is 13.7. The second-order valence-corrected chi connectivity index (χ2v) is 11.4. The van der Waals surface area contributed by atoms with Gasteiger partial charge in [-0.3, -0.25) is 29.4 Å². The smallest absolute Gasteiger partial charge is 0.356 e. The van der Waals surface area contributed by atoms with Gasteiger partial charge in [-0.15, -0.1) is 0 Å². The Hall–Kier alpha value is -2.64. The summed E-state index contributed by atoms with van der Waals surface area (Å²) in [6.07, 6.45) is -4.99. The summed E-state index contributed by atoms with van der Waals surface area (Å²) in [5.74, 6) is -7.26. The number of piperidine rings is 1. The van der Waals surface area contributed by atoms with E-state index in [2.05, 4.69) is 10.7 Å². The second-order valence-electron chi connectivity index (χ2n) is 11.0. The minimum Gasteiger partial charge on any atom is -0.356 e. The number of amides is 5. The zero-order chi connectivity index (χ0) is 28.7. The third kappa shape index (κ3) is 6.15. The largest absolute Gasteiger partial charge is 0.471 e. The van der Waals surface area contributed by atoms with Crippen LogP contribution in [0.25, 0.3) is 0 Å². The number of carbonyl (C=O) groups is 5. The molecule has 3 aliphatic rings. The van der Waals surface area contributed by atoms with Crippen molar-refractivity contribution in [1.82, 2.24) is 26.0 Å².